The molecule has 5 rings (SSSR count). The molecule has 1 N–H and O–H groups in total. The Hall–Kier alpha value is -3.77. The van der Waals surface area contributed by atoms with Crippen LogP contribution < -0.4 is 10.2 Å². The van der Waals surface area contributed by atoms with Crippen molar-refractivity contribution in [1.82, 2.24) is 35.2 Å². The third-order valence-electron chi connectivity index (χ3n) is 6.00. The summed E-state index contributed by atoms with van der Waals surface area (Å²) in [5.74, 6) is 0.681. The molecule has 0 spiro atoms. The maximum absolute atomic E-state index is 11.9. The molecule has 0 radical (unpaired) electrons. The van der Waals surface area contributed by atoms with Crippen molar-refractivity contribution in [3.63, 3.8) is 0 Å². The minimum atomic E-state index is -0.570. The molecule has 0 amide bonds. The van der Waals surface area contributed by atoms with E-state index in [0.717, 1.165) is 17.7 Å². The molecule has 0 saturated carbocycles. The van der Waals surface area contributed by atoms with Gasteiger partial charge in [0.15, 0.2) is 6.73 Å². The highest BCUT2D eigenvalue weighted by molar-refractivity contribution is 6.34. The van der Waals surface area contributed by atoms with E-state index in [9.17, 15) is 4.79 Å². The Kier molecular flexibility index (Phi) is 7.67. The number of carbonyl (C=O) groups is 1. The quantitative estimate of drug-likeness (QED) is 0.289. The van der Waals surface area contributed by atoms with Crippen LogP contribution >= 0.6 is 23.2 Å². The monoisotopic (exact) mass is 571 g/mol. The molecule has 0 bridgehead atoms. The van der Waals surface area contributed by atoms with Crippen LogP contribution in [0.15, 0.2) is 41.2 Å². The first-order chi connectivity index (χ1) is 18.6. The number of carbonyl (C=O) groups excluding carboxylic acids is 1. The number of halogens is 2. The van der Waals surface area contributed by atoms with Crippen LogP contribution in [0.3, 0.4) is 0 Å². The lowest BCUT2D eigenvalue weighted by atomic mass is 9.97. The van der Waals surface area contributed by atoms with E-state index in [1.54, 1.807) is 45.4 Å². The predicted molar refractivity (Wildman–Crippen MR) is 145 cm³/mol. The third kappa shape index (κ3) is 6.63. The van der Waals surface area contributed by atoms with Gasteiger partial charge < -0.3 is 19.4 Å². The number of anilines is 2. The first-order valence-electron chi connectivity index (χ1n) is 12.3. The summed E-state index contributed by atoms with van der Waals surface area (Å²) in [7, 11) is 0. The highest BCUT2D eigenvalue weighted by Crippen LogP contribution is 2.31. The summed E-state index contributed by atoms with van der Waals surface area (Å²) in [6.45, 7) is 7.35. The molecule has 0 aliphatic carbocycles. The second-order valence-corrected chi connectivity index (χ2v) is 11.1. The summed E-state index contributed by atoms with van der Waals surface area (Å²) in [5.41, 5.74) is 1.88. The van der Waals surface area contributed by atoms with Gasteiger partial charge in [0.25, 0.3) is 5.89 Å². The van der Waals surface area contributed by atoms with E-state index in [1.165, 1.54) is 4.68 Å². The van der Waals surface area contributed by atoms with E-state index >= 15 is 0 Å². The summed E-state index contributed by atoms with van der Waals surface area (Å²) in [6, 6.07) is 5.87. The highest BCUT2D eigenvalue weighted by Gasteiger charge is 2.34. The van der Waals surface area contributed by atoms with Crippen LogP contribution in [0.5, 0.6) is 0 Å². The minimum Gasteiger partial charge on any atom is -0.442 e. The fourth-order valence-electron chi connectivity index (χ4n) is 3.79. The molecular weight excluding hydrogens is 545 g/mol. The van der Waals surface area contributed by atoms with Crippen molar-refractivity contribution >= 4 is 41.1 Å². The van der Waals surface area contributed by atoms with Crippen LogP contribution in [0.2, 0.25) is 10.0 Å². The number of hydrogen-bond donors (Lipinski definition) is 1. The molecule has 0 atom stereocenters. The number of rotatable bonds is 9. The zero-order valence-electron chi connectivity index (χ0n) is 21.6. The van der Waals surface area contributed by atoms with Gasteiger partial charge in [-0.2, -0.15) is 0 Å². The summed E-state index contributed by atoms with van der Waals surface area (Å²) in [6.07, 6.45) is 5.77. The SMILES string of the molecule is CC(C)(C)C(=O)OCn1cc(C2CN(c3nnc(-c4cnc(NCCc5cc(Cl)cc(Cl)c5)nc4)o3)C2)nn1. The zero-order valence-corrected chi connectivity index (χ0v) is 23.1. The van der Waals surface area contributed by atoms with Crippen LogP contribution in [0, 0.1) is 5.41 Å². The van der Waals surface area contributed by atoms with Gasteiger partial charge in [-0.15, -0.1) is 10.2 Å². The Morgan fingerprint density at radius 1 is 1.10 bits per heavy atom. The number of ether oxygens (including phenoxy) is 1. The Bertz CT molecular complexity index is 1420. The molecule has 0 unspecified atom stereocenters. The van der Waals surface area contributed by atoms with Gasteiger partial charge in [0.05, 0.1) is 22.9 Å². The molecule has 4 heterocycles. The van der Waals surface area contributed by atoms with Crippen LogP contribution in [0.1, 0.15) is 37.9 Å². The molecule has 14 heteroatoms. The van der Waals surface area contributed by atoms with Crippen LogP contribution in [-0.4, -0.2) is 60.8 Å². The molecule has 3 aromatic heterocycles. The lowest BCUT2D eigenvalue weighted by Crippen LogP contribution is -2.45. The summed E-state index contributed by atoms with van der Waals surface area (Å²) in [4.78, 5) is 22.6. The lowest BCUT2D eigenvalue weighted by molar-refractivity contribution is -0.157. The smallest absolute Gasteiger partial charge is 0.318 e. The van der Waals surface area contributed by atoms with E-state index < -0.39 is 5.41 Å². The van der Waals surface area contributed by atoms with Gasteiger partial charge in [-0.3, -0.25) is 4.79 Å². The molecular formula is C25H27Cl2N9O3. The average Bonchev–Trinajstić information content (AvgIpc) is 3.51. The molecule has 39 heavy (non-hydrogen) atoms. The van der Waals surface area contributed by atoms with Crippen molar-refractivity contribution < 1.29 is 13.9 Å². The summed E-state index contributed by atoms with van der Waals surface area (Å²) >= 11 is 12.1. The number of aromatic nitrogens is 7. The number of nitrogens with one attached hydrogen (secondary N) is 1. The normalized spacial score (nSPS) is 13.8. The fourth-order valence-corrected chi connectivity index (χ4v) is 4.36. The van der Waals surface area contributed by atoms with Crippen molar-refractivity contribution in [2.75, 3.05) is 29.9 Å². The molecule has 4 aromatic rings. The molecule has 12 nitrogen and oxygen atoms in total. The van der Waals surface area contributed by atoms with Gasteiger partial charge in [0, 0.05) is 48.0 Å². The van der Waals surface area contributed by atoms with Gasteiger partial charge >= 0.3 is 12.0 Å². The lowest BCUT2D eigenvalue weighted by Gasteiger charge is -2.36. The molecule has 1 aliphatic heterocycles. The van der Waals surface area contributed by atoms with E-state index in [0.29, 0.717) is 53.1 Å². The predicted octanol–water partition coefficient (Wildman–Crippen LogP) is 4.23. The van der Waals surface area contributed by atoms with Crippen molar-refractivity contribution in [2.45, 2.75) is 39.8 Å². The van der Waals surface area contributed by atoms with E-state index in [2.05, 4.69) is 35.8 Å². The Morgan fingerprint density at radius 2 is 1.82 bits per heavy atom. The van der Waals surface area contributed by atoms with E-state index in [1.807, 2.05) is 17.0 Å². The van der Waals surface area contributed by atoms with E-state index in [-0.39, 0.29) is 18.6 Å². The topological polar surface area (TPSA) is 137 Å². The second kappa shape index (κ2) is 11.1. The highest BCUT2D eigenvalue weighted by atomic mass is 35.5. The van der Waals surface area contributed by atoms with Gasteiger partial charge in [-0.1, -0.05) is 33.5 Å². The maximum atomic E-state index is 11.9. The molecule has 1 fully saturated rings. The molecule has 1 aliphatic rings. The van der Waals surface area contributed by atoms with Gasteiger partial charge in [-0.05, 0) is 51.0 Å². The molecule has 204 valence electrons. The van der Waals surface area contributed by atoms with Crippen molar-refractivity contribution in [3.05, 3.63) is 58.1 Å². The summed E-state index contributed by atoms with van der Waals surface area (Å²) < 4.78 is 12.6. The van der Waals surface area contributed by atoms with Gasteiger partial charge in [0.1, 0.15) is 0 Å². The van der Waals surface area contributed by atoms with Crippen LogP contribution in [-0.2, 0) is 22.7 Å². The number of esters is 1. The summed E-state index contributed by atoms with van der Waals surface area (Å²) in [5, 5.41) is 20.9. The second-order valence-electron chi connectivity index (χ2n) is 10.2. The number of hydrogen-bond acceptors (Lipinski definition) is 11. The van der Waals surface area contributed by atoms with Crippen molar-refractivity contribution in [1.29, 1.82) is 0 Å². The van der Waals surface area contributed by atoms with Crippen LogP contribution in [0.25, 0.3) is 11.5 Å². The maximum Gasteiger partial charge on any atom is 0.318 e. The zero-order chi connectivity index (χ0) is 27.6. The van der Waals surface area contributed by atoms with E-state index in [4.69, 9.17) is 32.4 Å². The van der Waals surface area contributed by atoms with Crippen LogP contribution in [0.4, 0.5) is 12.0 Å². The average molecular weight is 572 g/mol. The Balaban J connectivity index is 1.09. The van der Waals surface area contributed by atoms with Gasteiger partial charge in [0.2, 0.25) is 5.95 Å². The Labute approximate surface area is 234 Å². The minimum absolute atomic E-state index is 0.0275. The number of benzene rings is 1. The first kappa shape index (κ1) is 26.8. The van der Waals surface area contributed by atoms with Crippen molar-refractivity contribution in [3.8, 4) is 11.5 Å². The third-order valence-corrected chi connectivity index (χ3v) is 6.44. The fraction of sp³-hybridized carbons (Fsp3) is 0.400. The van der Waals surface area contributed by atoms with Gasteiger partial charge in [-0.25, -0.2) is 14.6 Å². The number of nitrogens with zero attached hydrogens (tertiary/aromatic N) is 8. The largest absolute Gasteiger partial charge is 0.442 e. The first-order valence-corrected chi connectivity index (χ1v) is 13.1. The molecule has 1 aromatic carbocycles. The molecule has 1 saturated heterocycles. The standard InChI is InChI=1S/C25H27Cl2N9O3/c1-25(2,3)22(37)38-14-36-13-20(31-34-36)17-11-35(12-17)24-33-32-21(39-24)16-9-29-23(30-10-16)28-5-4-15-6-18(26)8-19(27)7-15/h6-10,13,17H,4-5,11-12,14H2,1-3H3,(H,28,29,30). The van der Waals surface area contributed by atoms with Crippen molar-refractivity contribution in [2.24, 2.45) is 5.41 Å². The Morgan fingerprint density at radius 3 is 2.51 bits per heavy atom.